The van der Waals surface area contributed by atoms with E-state index in [2.05, 4.69) is 55.7 Å². The van der Waals surface area contributed by atoms with E-state index in [1.54, 1.807) is 4.68 Å². The highest BCUT2D eigenvalue weighted by Crippen LogP contribution is 2.57. The number of nitrogens with zero attached hydrogens (tertiary/aromatic N) is 8. The number of aliphatic hydroxyl groups is 1. The Kier molecular flexibility index (Phi) is 6.61. The van der Waals surface area contributed by atoms with Crippen molar-refractivity contribution in [2.45, 2.75) is 69.1 Å². The van der Waals surface area contributed by atoms with Crippen molar-refractivity contribution in [3.8, 4) is 17.4 Å². The van der Waals surface area contributed by atoms with E-state index in [4.69, 9.17) is 4.74 Å². The second kappa shape index (κ2) is 10.5. The maximum atomic E-state index is 13.0. The van der Waals surface area contributed by atoms with Crippen LogP contribution in [0.2, 0.25) is 0 Å². The predicted molar refractivity (Wildman–Crippen MR) is 161 cm³/mol. The van der Waals surface area contributed by atoms with E-state index < -0.39 is 5.60 Å². The minimum atomic E-state index is -0.797. The zero-order valence-electron chi connectivity index (χ0n) is 24.8. The first-order valence-electron chi connectivity index (χ1n) is 15.8. The van der Waals surface area contributed by atoms with Crippen molar-refractivity contribution < 1.29 is 9.84 Å². The SMILES string of the molecule is Cc1cnn(CCN2CC[C@]34CCN(CC5CC5)[C@H](Cc5ccc(Oc6nnnn6-c6ccccc6)cc53)[C@]4(O)CC2)c1. The van der Waals surface area contributed by atoms with Gasteiger partial charge in [0.1, 0.15) is 5.75 Å². The van der Waals surface area contributed by atoms with E-state index >= 15 is 0 Å². The number of aromatic nitrogens is 6. The number of para-hydroxylation sites is 1. The van der Waals surface area contributed by atoms with Crippen molar-refractivity contribution >= 4 is 0 Å². The van der Waals surface area contributed by atoms with Crippen LogP contribution in [0, 0.1) is 12.8 Å². The molecule has 43 heavy (non-hydrogen) atoms. The number of rotatable bonds is 8. The van der Waals surface area contributed by atoms with Gasteiger partial charge in [-0.05, 0) is 116 Å². The Morgan fingerprint density at radius 1 is 1.00 bits per heavy atom. The zero-order valence-corrected chi connectivity index (χ0v) is 24.8. The number of aryl methyl sites for hydroxylation is 1. The first-order chi connectivity index (χ1) is 21.0. The molecule has 3 fully saturated rings. The molecule has 2 bridgehead atoms. The molecule has 224 valence electrons. The number of benzene rings is 2. The van der Waals surface area contributed by atoms with Crippen LogP contribution in [-0.4, -0.2) is 89.3 Å². The second-order valence-corrected chi connectivity index (χ2v) is 13.2. The summed E-state index contributed by atoms with van der Waals surface area (Å²) in [5.41, 5.74) is 3.49. The Morgan fingerprint density at radius 2 is 1.84 bits per heavy atom. The minimum Gasteiger partial charge on any atom is -0.423 e. The van der Waals surface area contributed by atoms with Crippen molar-refractivity contribution in [2.24, 2.45) is 5.92 Å². The largest absolute Gasteiger partial charge is 0.423 e. The van der Waals surface area contributed by atoms with Gasteiger partial charge in [-0.2, -0.15) is 9.78 Å². The van der Waals surface area contributed by atoms with Crippen LogP contribution in [0.15, 0.2) is 60.9 Å². The Hall–Kier alpha value is -3.60. The lowest BCUT2D eigenvalue weighted by atomic mass is 9.52. The molecule has 2 saturated heterocycles. The lowest BCUT2D eigenvalue weighted by Gasteiger charge is -2.61. The highest BCUT2D eigenvalue weighted by atomic mass is 16.5. The lowest BCUT2D eigenvalue weighted by Crippen LogP contribution is -2.71. The second-order valence-electron chi connectivity index (χ2n) is 13.2. The van der Waals surface area contributed by atoms with Crippen LogP contribution in [0.1, 0.15) is 48.8 Å². The molecule has 1 saturated carbocycles. The fourth-order valence-corrected chi connectivity index (χ4v) is 8.10. The summed E-state index contributed by atoms with van der Waals surface area (Å²) in [5.74, 6) is 1.50. The summed E-state index contributed by atoms with van der Waals surface area (Å²) in [6, 6.07) is 16.7. The van der Waals surface area contributed by atoms with Crippen LogP contribution in [0.4, 0.5) is 0 Å². The quantitative estimate of drug-likeness (QED) is 0.337. The van der Waals surface area contributed by atoms with Crippen LogP contribution >= 0.6 is 0 Å². The van der Waals surface area contributed by atoms with Gasteiger partial charge in [0.25, 0.3) is 0 Å². The molecular weight excluding hydrogens is 540 g/mol. The van der Waals surface area contributed by atoms with E-state index in [0.29, 0.717) is 11.8 Å². The zero-order chi connectivity index (χ0) is 29.0. The summed E-state index contributed by atoms with van der Waals surface area (Å²) in [6.07, 6.45) is 10.2. The fourth-order valence-electron chi connectivity index (χ4n) is 8.10. The standard InChI is InChI=1S/C33H40N8O2/c1-24-21-34-40(22-24)18-17-38-14-11-32-12-16-39(23-25-7-8-25)30(33(32,42)13-15-38)19-26-9-10-28(20-29(26)32)43-31-35-36-37-41(31)27-5-3-2-4-6-27/h2-6,9-10,20-22,25,30,42H,7-8,11-19,23H2,1H3/t30-,32+,33-/m1/s1. The van der Waals surface area contributed by atoms with Crippen LogP contribution in [0.3, 0.4) is 0 Å². The van der Waals surface area contributed by atoms with Gasteiger partial charge in [-0.1, -0.05) is 29.4 Å². The maximum absolute atomic E-state index is 13.0. The third-order valence-electron chi connectivity index (χ3n) is 10.6. The van der Waals surface area contributed by atoms with Gasteiger partial charge in [-0.3, -0.25) is 9.58 Å². The molecule has 2 aliphatic heterocycles. The summed E-state index contributed by atoms with van der Waals surface area (Å²) < 4.78 is 10.0. The summed E-state index contributed by atoms with van der Waals surface area (Å²) in [5, 5.41) is 29.7. The van der Waals surface area contributed by atoms with Crippen molar-refractivity contribution in [2.75, 3.05) is 32.7 Å². The lowest BCUT2D eigenvalue weighted by molar-refractivity contribution is -0.149. The number of tetrazole rings is 1. The van der Waals surface area contributed by atoms with Crippen molar-refractivity contribution in [3.05, 3.63) is 77.6 Å². The first kappa shape index (κ1) is 27.0. The van der Waals surface area contributed by atoms with Crippen molar-refractivity contribution in [3.63, 3.8) is 0 Å². The van der Waals surface area contributed by atoms with Gasteiger partial charge in [0, 0.05) is 37.3 Å². The Labute approximate surface area is 252 Å². The molecule has 3 atom stereocenters. The minimum absolute atomic E-state index is 0.139. The summed E-state index contributed by atoms with van der Waals surface area (Å²) in [7, 11) is 0. The highest BCUT2D eigenvalue weighted by Gasteiger charge is 2.63. The monoisotopic (exact) mass is 580 g/mol. The third kappa shape index (κ3) is 4.76. The van der Waals surface area contributed by atoms with Crippen molar-refractivity contribution in [1.82, 2.24) is 39.8 Å². The summed E-state index contributed by atoms with van der Waals surface area (Å²) >= 11 is 0. The molecule has 4 aliphatic rings. The smallest absolute Gasteiger partial charge is 0.345 e. The summed E-state index contributed by atoms with van der Waals surface area (Å²) in [6.45, 7) is 7.87. The molecule has 2 aliphatic carbocycles. The van der Waals surface area contributed by atoms with Gasteiger partial charge in [0.2, 0.25) is 0 Å². The van der Waals surface area contributed by atoms with Gasteiger partial charge in [-0.25, -0.2) is 0 Å². The molecular formula is C33H40N8O2. The molecule has 10 heteroatoms. The van der Waals surface area contributed by atoms with E-state index in [0.717, 1.165) is 76.6 Å². The molecule has 0 radical (unpaired) electrons. The maximum Gasteiger partial charge on any atom is 0.345 e. The first-order valence-corrected chi connectivity index (χ1v) is 15.8. The van der Waals surface area contributed by atoms with E-state index in [1.807, 2.05) is 47.3 Å². The molecule has 2 aromatic heterocycles. The van der Waals surface area contributed by atoms with Crippen LogP contribution in [0.25, 0.3) is 5.69 Å². The fraction of sp³-hybridized carbons (Fsp3) is 0.515. The van der Waals surface area contributed by atoms with Gasteiger partial charge in [-0.15, -0.1) is 0 Å². The van der Waals surface area contributed by atoms with Gasteiger partial charge < -0.3 is 14.7 Å². The molecule has 0 spiro atoms. The van der Waals surface area contributed by atoms with Gasteiger partial charge in [0.05, 0.1) is 24.0 Å². The average molecular weight is 581 g/mol. The van der Waals surface area contributed by atoms with E-state index in [9.17, 15) is 5.11 Å². The molecule has 0 unspecified atom stereocenters. The summed E-state index contributed by atoms with van der Waals surface area (Å²) in [4.78, 5) is 5.18. The third-order valence-corrected chi connectivity index (χ3v) is 10.6. The van der Waals surface area contributed by atoms with Gasteiger partial charge in [0.15, 0.2) is 0 Å². The number of likely N-dealkylation sites (tertiary alicyclic amines) is 2. The predicted octanol–water partition coefficient (Wildman–Crippen LogP) is 3.76. The molecule has 4 heterocycles. The number of hydrogen-bond donors (Lipinski definition) is 1. The highest BCUT2D eigenvalue weighted by molar-refractivity contribution is 5.49. The van der Waals surface area contributed by atoms with Gasteiger partial charge >= 0.3 is 6.01 Å². The molecule has 4 aromatic rings. The number of hydrogen-bond acceptors (Lipinski definition) is 8. The van der Waals surface area contributed by atoms with Crippen molar-refractivity contribution in [1.29, 1.82) is 0 Å². The number of ether oxygens (including phenoxy) is 1. The molecule has 8 rings (SSSR count). The molecule has 1 N–H and O–H groups in total. The molecule has 2 aromatic carbocycles. The molecule has 0 amide bonds. The molecule has 10 nitrogen and oxygen atoms in total. The number of piperidine rings is 1. The number of fused-ring (bicyclic) bond motifs is 1. The van der Waals surface area contributed by atoms with Crippen LogP contribution in [-0.2, 0) is 18.4 Å². The van der Waals surface area contributed by atoms with Crippen LogP contribution in [0.5, 0.6) is 11.8 Å². The Morgan fingerprint density at radius 3 is 2.65 bits per heavy atom. The Bertz CT molecular complexity index is 1600. The van der Waals surface area contributed by atoms with E-state index in [-0.39, 0.29) is 11.5 Å². The Balaban J connectivity index is 1.12. The van der Waals surface area contributed by atoms with E-state index in [1.165, 1.54) is 29.5 Å². The van der Waals surface area contributed by atoms with Crippen LogP contribution < -0.4 is 4.74 Å². The average Bonchev–Trinajstić information content (AvgIpc) is 3.60. The topological polar surface area (TPSA) is 97.4 Å². The normalized spacial score (nSPS) is 27.3.